The summed E-state index contributed by atoms with van der Waals surface area (Å²) < 4.78 is 5.55. The zero-order valence-corrected chi connectivity index (χ0v) is 11.6. The van der Waals surface area contributed by atoms with Crippen molar-refractivity contribution in [3.63, 3.8) is 0 Å². The van der Waals surface area contributed by atoms with E-state index in [2.05, 4.69) is 18.8 Å². The number of hydrogen-bond acceptors (Lipinski definition) is 4. The van der Waals surface area contributed by atoms with Crippen LogP contribution in [0.5, 0.6) is 5.75 Å². The lowest BCUT2D eigenvalue weighted by molar-refractivity contribution is 0.317. The van der Waals surface area contributed by atoms with E-state index in [0.717, 1.165) is 46.5 Å². The van der Waals surface area contributed by atoms with Crippen molar-refractivity contribution in [1.82, 2.24) is 4.98 Å². The molecule has 0 aliphatic heterocycles. The van der Waals surface area contributed by atoms with Crippen LogP contribution in [-0.4, -0.2) is 11.6 Å². The van der Waals surface area contributed by atoms with Crippen molar-refractivity contribution < 1.29 is 4.74 Å². The zero-order chi connectivity index (χ0) is 13.0. The molecule has 0 unspecified atom stereocenters. The number of thiazole rings is 1. The maximum absolute atomic E-state index is 5.99. The number of nitrogen functional groups attached to an aromatic ring is 1. The van der Waals surface area contributed by atoms with Gasteiger partial charge in [0.25, 0.3) is 0 Å². The van der Waals surface area contributed by atoms with E-state index in [1.165, 1.54) is 0 Å². The molecule has 0 radical (unpaired) electrons. The molecule has 0 atom stereocenters. The third kappa shape index (κ3) is 2.82. The summed E-state index contributed by atoms with van der Waals surface area (Å²) in [5.74, 6) is 0.894. The van der Waals surface area contributed by atoms with E-state index in [1.54, 1.807) is 11.3 Å². The van der Waals surface area contributed by atoms with Gasteiger partial charge < -0.3 is 10.5 Å². The maximum Gasteiger partial charge on any atom is 0.119 e. The molecule has 96 valence electrons. The van der Waals surface area contributed by atoms with Crippen molar-refractivity contribution in [1.29, 1.82) is 0 Å². The summed E-state index contributed by atoms with van der Waals surface area (Å²) >= 11 is 1.56. The smallest absolute Gasteiger partial charge is 0.119 e. The first-order valence-electron chi connectivity index (χ1n) is 6.23. The minimum Gasteiger partial charge on any atom is -0.494 e. The molecule has 2 N–H and O–H groups in total. The lowest BCUT2D eigenvalue weighted by Crippen LogP contribution is -1.94. The Bertz CT molecular complexity index is 505. The number of aryl methyl sites for hydroxylation is 1. The van der Waals surface area contributed by atoms with Gasteiger partial charge in [0.1, 0.15) is 16.4 Å². The molecule has 0 aliphatic rings. The van der Waals surface area contributed by atoms with Crippen LogP contribution >= 0.6 is 11.3 Å². The Hall–Kier alpha value is -1.55. The van der Waals surface area contributed by atoms with Gasteiger partial charge in [0.05, 0.1) is 11.6 Å². The van der Waals surface area contributed by atoms with Gasteiger partial charge in [0, 0.05) is 5.56 Å². The van der Waals surface area contributed by atoms with Gasteiger partial charge in [-0.3, -0.25) is 0 Å². The number of hydrogen-bond donors (Lipinski definition) is 1. The number of anilines is 1. The zero-order valence-electron chi connectivity index (χ0n) is 10.8. The number of nitrogens with two attached hydrogens (primary N) is 1. The second-order valence-electron chi connectivity index (χ2n) is 4.05. The average Bonchev–Trinajstić information content (AvgIpc) is 2.78. The summed E-state index contributed by atoms with van der Waals surface area (Å²) in [6, 6.07) is 7.95. The Balaban J connectivity index is 2.20. The second kappa shape index (κ2) is 5.87. The summed E-state index contributed by atoms with van der Waals surface area (Å²) in [5, 5.41) is 1.86. The maximum atomic E-state index is 5.99. The summed E-state index contributed by atoms with van der Waals surface area (Å²) in [6.45, 7) is 4.93. The highest BCUT2D eigenvalue weighted by atomic mass is 32.1. The third-order valence-corrected chi connectivity index (χ3v) is 3.63. The van der Waals surface area contributed by atoms with Crippen LogP contribution in [0.1, 0.15) is 25.3 Å². The molecule has 1 aromatic carbocycles. The van der Waals surface area contributed by atoms with Gasteiger partial charge >= 0.3 is 0 Å². The van der Waals surface area contributed by atoms with Gasteiger partial charge in [-0.25, -0.2) is 4.98 Å². The summed E-state index contributed by atoms with van der Waals surface area (Å²) in [4.78, 5) is 4.54. The van der Waals surface area contributed by atoms with E-state index < -0.39 is 0 Å². The van der Waals surface area contributed by atoms with Crippen LogP contribution in [0.2, 0.25) is 0 Å². The fourth-order valence-corrected chi connectivity index (χ4v) is 2.46. The molecule has 0 saturated carbocycles. The van der Waals surface area contributed by atoms with Crippen LogP contribution in [0.4, 0.5) is 5.00 Å². The van der Waals surface area contributed by atoms with E-state index in [-0.39, 0.29) is 0 Å². The lowest BCUT2D eigenvalue weighted by atomic mass is 10.1. The molecule has 0 spiro atoms. The lowest BCUT2D eigenvalue weighted by Gasteiger charge is -2.05. The van der Waals surface area contributed by atoms with Crippen LogP contribution < -0.4 is 10.5 Å². The fourth-order valence-electron chi connectivity index (χ4n) is 1.66. The van der Waals surface area contributed by atoms with Crippen molar-refractivity contribution in [2.45, 2.75) is 26.7 Å². The van der Waals surface area contributed by atoms with E-state index >= 15 is 0 Å². The average molecular weight is 262 g/mol. The first kappa shape index (κ1) is 12.9. The molecule has 4 heteroatoms. The molecule has 2 rings (SSSR count). The van der Waals surface area contributed by atoms with Crippen LogP contribution in [0.25, 0.3) is 11.3 Å². The predicted octanol–water partition coefficient (Wildman–Crippen LogP) is 3.74. The minimum atomic E-state index is 0.748. The minimum absolute atomic E-state index is 0.748. The van der Waals surface area contributed by atoms with Gasteiger partial charge in [-0.15, -0.1) is 11.3 Å². The molecule has 0 saturated heterocycles. The first-order valence-corrected chi connectivity index (χ1v) is 7.04. The molecule has 1 aromatic heterocycles. The van der Waals surface area contributed by atoms with E-state index in [1.807, 2.05) is 24.3 Å². The predicted molar refractivity (Wildman–Crippen MR) is 77.1 cm³/mol. The van der Waals surface area contributed by atoms with Crippen LogP contribution in [0, 0.1) is 0 Å². The highest BCUT2D eigenvalue weighted by Crippen LogP contribution is 2.31. The van der Waals surface area contributed by atoms with E-state index in [9.17, 15) is 0 Å². The first-order chi connectivity index (χ1) is 8.74. The Kier molecular flexibility index (Phi) is 4.20. The normalized spacial score (nSPS) is 10.6. The van der Waals surface area contributed by atoms with Gasteiger partial charge in [-0.05, 0) is 37.1 Å². The standard InChI is InChI=1S/C14H18N2OS/c1-3-9-17-11-7-5-10(6-8-11)13-14(15)18-12(4-2)16-13/h5-8H,3-4,9,15H2,1-2H3. The quantitative estimate of drug-likeness (QED) is 0.892. The Labute approximate surface area is 112 Å². The highest BCUT2D eigenvalue weighted by Gasteiger charge is 2.09. The number of benzene rings is 1. The van der Waals surface area contributed by atoms with Crippen molar-refractivity contribution in [3.8, 4) is 17.0 Å². The van der Waals surface area contributed by atoms with E-state index in [0.29, 0.717) is 0 Å². The van der Waals surface area contributed by atoms with Gasteiger partial charge in [-0.1, -0.05) is 13.8 Å². The molecule has 2 aromatic rings. The Morgan fingerprint density at radius 1 is 1.22 bits per heavy atom. The third-order valence-electron chi connectivity index (χ3n) is 2.60. The topological polar surface area (TPSA) is 48.1 Å². The molecule has 1 heterocycles. The van der Waals surface area contributed by atoms with Gasteiger partial charge in [0.15, 0.2) is 0 Å². The van der Waals surface area contributed by atoms with Crippen molar-refractivity contribution in [2.75, 3.05) is 12.3 Å². The van der Waals surface area contributed by atoms with Crippen molar-refractivity contribution in [3.05, 3.63) is 29.3 Å². The van der Waals surface area contributed by atoms with Crippen LogP contribution in [0.3, 0.4) is 0 Å². The molecular formula is C14H18N2OS. The largest absolute Gasteiger partial charge is 0.494 e. The molecule has 0 fully saturated rings. The van der Waals surface area contributed by atoms with Crippen molar-refractivity contribution in [2.24, 2.45) is 0 Å². The molecule has 0 bridgehead atoms. The summed E-state index contributed by atoms with van der Waals surface area (Å²) in [6.07, 6.45) is 1.94. The monoisotopic (exact) mass is 262 g/mol. The van der Waals surface area contributed by atoms with Crippen LogP contribution in [0.15, 0.2) is 24.3 Å². The Morgan fingerprint density at radius 2 is 1.94 bits per heavy atom. The van der Waals surface area contributed by atoms with Gasteiger partial charge in [-0.2, -0.15) is 0 Å². The SMILES string of the molecule is CCCOc1ccc(-c2nc(CC)sc2N)cc1. The second-order valence-corrected chi connectivity index (χ2v) is 5.16. The Morgan fingerprint density at radius 3 is 2.50 bits per heavy atom. The molecule has 0 aliphatic carbocycles. The highest BCUT2D eigenvalue weighted by molar-refractivity contribution is 7.16. The molecule has 18 heavy (non-hydrogen) atoms. The number of ether oxygens (including phenoxy) is 1. The van der Waals surface area contributed by atoms with Crippen LogP contribution in [-0.2, 0) is 6.42 Å². The molecular weight excluding hydrogens is 244 g/mol. The van der Waals surface area contributed by atoms with E-state index in [4.69, 9.17) is 10.5 Å². The van der Waals surface area contributed by atoms with Crippen molar-refractivity contribution >= 4 is 16.3 Å². The number of aromatic nitrogens is 1. The number of nitrogens with zero attached hydrogens (tertiary/aromatic N) is 1. The summed E-state index contributed by atoms with van der Waals surface area (Å²) in [7, 11) is 0. The van der Waals surface area contributed by atoms with Gasteiger partial charge in [0.2, 0.25) is 0 Å². The molecule has 3 nitrogen and oxygen atoms in total. The number of rotatable bonds is 5. The summed E-state index contributed by atoms with van der Waals surface area (Å²) in [5.41, 5.74) is 7.93. The fraction of sp³-hybridized carbons (Fsp3) is 0.357. The molecule has 0 amide bonds.